The van der Waals surface area contributed by atoms with Crippen LogP contribution in [0.1, 0.15) is 5.56 Å². The van der Waals surface area contributed by atoms with E-state index in [1.165, 1.54) is 0 Å². The second kappa shape index (κ2) is 4.63. The first-order valence-corrected chi connectivity index (χ1v) is 5.08. The molecular formula is C9H9BrClNO. The fraction of sp³-hybridized carbons (Fsp3) is 0.222. The fourth-order valence-electron chi connectivity index (χ4n) is 0.990. The van der Waals surface area contributed by atoms with Gasteiger partial charge in [0.05, 0.1) is 5.88 Å². The second-order valence-electron chi connectivity index (χ2n) is 2.70. The van der Waals surface area contributed by atoms with E-state index in [0.717, 1.165) is 10.0 Å². The molecule has 0 aliphatic heterocycles. The zero-order chi connectivity index (χ0) is 9.84. The molecule has 0 fully saturated rings. The molecule has 0 heterocycles. The average molecular weight is 263 g/mol. The van der Waals surface area contributed by atoms with Crippen LogP contribution < -0.4 is 5.73 Å². The second-order valence-corrected chi connectivity index (χ2v) is 3.82. The van der Waals surface area contributed by atoms with E-state index in [0.29, 0.717) is 12.1 Å². The van der Waals surface area contributed by atoms with Crippen molar-refractivity contribution in [1.82, 2.24) is 0 Å². The number of anilines is 1. The number of ketones is 1. The lowest BCUT2D eigenvalue weighted by Gasteiger charge is -2.03. The highest BCUT2D eigenvalue weighted by Crippen LogP contribution is 2.20. The first-order valence-electron chi connectivity index (χ1n) is 3.75. The monoisotopic (exact) mass is 261 g/mol. The summed E-state index contributed by atoms with van der Waals surface area (Å²) < 4.78 is 0.889. The number of alkyl halides is 1. The van der Waals surface area contributed by atoms with Crippen LogP contribution in [0.15, 0.2) is 22.7 Å². The molecule has 1 aromatic carbocycles. The van der Waals surface area contributed by atoms with Gasteiger partial charge < -0.3 is 5.73 Å². The summed E-state index contributed by atoms with van der Waals surface area (Å²) in [7, 11) is 0. The summed E-state index contributed by atoms with van der Waals surface area (Å²) >= 11 is 8.74. The van der Waals surface area contributed by atoms with Gasteiger partial charge in [-0.15, -0.1) is 11.6 Å². The highest BCUT2D eigenvalue weighted by atomic mass is 79.9. The van der Waals surface area contributed by atoms with Gasteiger partial charge >= 0.3 is 0 Å². The minimum Gasteiger partial charge on any atom is -0.399 e. The Hall–Kier alpha value is -0.540. The first-order chi connectivity index (χ1) is 6.13. The molecule has 0 aromatic heterocycles. The third-order valence-electron chi connectivity index (χ3n) is 1.61. The Morgan fingerprint density at radius 2 is 2.23 bits per heavy atom. The lowest BCUT2D eigenvalue weighted by Crippen LogP contribution is -2.04. The molecule has 0 aliphatic carbocycles. The Labute approximate surface area is 90.2 Å². The maximum Gasteiger partial charge on any atom is 0.151 e. The molecule has 0 spiro atoms. The van der Waals surface area contributed by atoms with Crippen LogP contribution in [0.25, 0.3) is 0 Å². The highest BCUT2D eigenvalue weighted by molar-refractivity contribution is 9.10. The minimum absolute atomic E-state index is 0.00651. The van der Waals surface area contributed by atoms with Gasteiger partial charge in [0.25, 0.3) is 0 Å². The molecule has 4 heteroatoms. The SMILES string of the molecule is Nc1ccc(Br)c(CC(=O)CCl)c1. The van der Waals surface area contributed by atoms with Gasteiger partial charge in [0.15, 0.2) is 5.78 Å². The van der Waals surface area contributed by atoms with Crippen molar-refractivity contribution < 1.29 is 4.79 Å². The molecule has 0 saturated heterocycles. The van der Waals surface area contributed by atoms with Crippen LogP contribution in [-0.4, -0.2) is 11.7 Å². The van der Waals surface area contributed by atoms with Crippen LogP contribution in [0.4, 0.5) is 5.69 Å². The van der Waals surface area contributed by atoms with Crippen LogP contribution in [0.2, 0.25) is 0 Å². The van der Waals surface area contributed by atoms with E-state index in [2.05, 4.69) is 15.9 Å². The van der Waals surface area contributed by atoms with Crippen molar-refractivity contribution in [3.8, 4) is 0 Å². The molecular weight excluding hydrogens is 253 g/mol. The Morgan fingerprint density at radius 1 is 1.54 bits per heavy atom. The Kier molecular flexibility index (Phi) is 3.75. The van der Waals surface area contributed by atoms with Crippen molar-refractivity contribution in [2.45, 2.75) is 6.42 Å². The van der Waals surface area contributed by atoms with Gasteiger partial charge in [-0.1, -0.05) is 15.9 Å². The number of Topliss-reactive ketones (excluding diaryl/α,β-unsaturated/α-hetero) is 1. The molecule has 2 N–H and O–H groups in total. The smallest absolute Gasteiger partial charge is 0.151 e. The number of benzene rings is 1. The van der Waals surface area contributed by atoms with Gasteiger partial charge in [-0.25, -0.2) is 0 Å². The summed E-state index contributed by atoms with van der Waals surface area (Å²) in [4.78, 5) is 11.1. The van der Waals surface area contributed by atoms with Crippen LogP contribution in [0.5, 0.6) is 0 Å². The van der Waals surface area contributed by atoms with E-state index in [1.807, 2.05) is 6.07 Å². The largest absolute Gasteiger partial charge is 0.399 e. The van der Waals surface area contributed by atoms with Crippen molar-refractivity contribution in [2.75, 3.05) is 11.6 Å². The Balaban J connectivity index is 2.87. The van der Waals surface area contributed by atoms with E-state index in [-0.39, 0.29) is 11.7 Å². The van der Waals surface area contributed by atoms with Crippen LogP contribution in [0.3, 0.4) is 0 Å². The summed E-state index contributed by atoms with van der Waals surface area (Å²) in [6, 6.07) is 5.37. The third kappa shape index (κ3) is 3.01. The summed E-state index contributed by atoms with van der Waals surface area (Å²) in [6.45, 7) is 0. The van der Waals surface area contributed by atoms with Crippen molar-refractivity contribution in [3.63, 3.8) is 0 Å². The molecule has 0 saturated carbocycles. The van der Waals surface area contributed by atoms with E-state index >= 15 is 0 Å². The lowest BCUT2D eigenvalue weighted by atomic mass is 10.1. The summed E-state index contributed by atoms with van der Waals surface area (Å²) in [5.74, 6) is 0.0364. The Morgan fingerprint density at radius 3 is 2.85 bits per heavy atom. The van der Waals surface area contributed by atoms with Crippen molar-refractivity contribution >= 4 is 39.0 Å². The topological polar surface area (TPSA) is 43.1 Å². The van der Waals surface area contributed by atoms with Crippen molar-refractivity contribution in [2.24, 2.45) is 0 Å². The molecule has 70 valence electrons. The highest BCUT2D eigenvalue weighted by Gasteiger charge is 2.05. The van der Waals surface area contributed by atoms with Crippen LogP contribution >= 0.6 is 27.5 Å². The predicted molar refractivity (Wildman–Crippen MR) is 58.0 cm³/mol. The molecule has 0 radical (unpaired) electrons. The quantitative estimate of drug-likeness (QED) is 0.671. The molecule has 1 rings (SSSR count). The minimum atomic E-state index is -0.00651. The van der Waals surface area contributed by atoms with Gasteiger partial charge in [0, 0.05) is 16.6 Å². The first kappa shape index (κ1) is 10.5. The molecule has 0 unspecified atom stereocenters. The lowest BCUT2D eigenvalue weighted by molar-refractivity contribution is -0.116. The number of rotatable bonds is 3. The van der Waals surface area contributed by atoms with E-state index in [1.54, 1.807) is 12.1 Å². The average Bonchev–Trinajstić information content (AvgIpc) is 2.11. The molecule has 0 atom stereocenters. The van der Waals surface area contributed by atoms with Crippen LogP contribution in [-0.2, 0) is 11.2 Å². The number of carbonyl (C=O) groups is 1. The molecule has 2 nitrogen and oxygen atoms in total. The van der Waals surface area contributed by atoms with Gasteiger partial charge in [0.1, 0.15) is 0 Å². The van der Waals surface area contributed by atoms with Crippen molar-refractivity contribution in [1.29, 1.82) is 0 Å². The predicted octanol–water partition coefficient (Wildman–Crippen LogP) is 2.38. The number of halogens is 2. The number of nitrogen functional groups attached to an aromatic ring is 1. The van der Waals surface area contributed by atoms with Gasteiger partial charge in [0.2, 0.25) is 0 Å². The maximum absolute atomic E-state index is 11.1. The summed E-state index contributed by atoms with van der Waals surface area (Å²) in [5.41, 5.74) is 7.11. The standard InChI is InChI=1S/C9H9BrClNO/c10-9-2-1-7(12)3-6(9)4-8(13)5-11/h1-3H,4-5,12H2. The number of hydrogen-bond donors (Lipinski definition) is 1. The fourth-order valence-corrected chi connectivity index (χ4v) is 1.47. The number of nitrogens with two attached hydrogens (primary N) is 1. The normalized spacial score (nSPS) is 10.0. The third-order valence-corrected chi connectivity index (χ3v) is 2.68. The number of carbonyl (C=O) groups excluding carboxylic acids is 1. The molecule has 0 bridgehead atoms. The van der Waals surface area contributed by atoms with Gasteiger partial charge in [-0.2, -0.15) is 0 Å². The molecule has 0 amide bonds. The molecule has 0 aliphatic rings. The van der Waals surface area contributed by atoms with Crippen LogP contribution in [0, 0.1) is 0 Å². The van der Waals surface area contributed by atoms with Gasteiger partial charge in [-0.3, -0.25) is 4.79 Å². The molecule has 1 aromatic rings. The van der Waals surface area contributed by atoms with E-state index in [4.69, 9.17) is 17.3 Å². The summed E-state index contributed by atoms with van der Waals surface area (Å²) in [6.07, 6.45) is 0.328. The van der Waals surface area contributed by atoms with Gasteiger partial charge in [-0.05, 0) is 23.8 Å². The molecule has 13 heavy (non-hydrogen) atoms. The summed E-state index contributed by atoms with van der Waals surface area (Å²) in [5, 5.41) is 0. The van der Waals surface area contributed by atoms with E-state index < -0.39 is 0 Å². The van der Waals surface area contributed by atoms with Crippen molar-refractivity contribution in [3.05, 3.63) is 28.2 Å². The zero-order valence-corrected chi connectivity index (χ0v) is 9.23. The number of hydrogen-bond acceptors (Lipinski definition) is 2. The van der Waals surface area contributed by atoms with E-state index in [9.17, 15) is 4.79 Å². The Bertz CT molecular complexity index is 327. The zero-order valence-electron chi connectivity index (χ0n) is 6.89. The maximum atomic E-state index is 11.1.